The van der Waals surface area contributed by atoms with E-state index in [1.807, 2.05) is 17.5 Å². The summed E-state index contributed by atoms with van der Waals surface area (Å²) in [5, 5.41) is 15.9. The average Bonchev–Trinajstić information content (AvgIpc) is 3.21. The third kappa shape index (κ3) is 5.07. The second-order valence-electron chi connectivity index (χ2n) is 8.51. The van der Waals surface area contributed by atoms with Crippen LogP contribution in [0.25, 0.3) is 11.1 Å². The Hall–Kier alpha value is -3.01. The highest BCUT2D eigenvalue weighted by atomic mass is 32.1. The molecule has 0 saturated carbocycles. The molecule has 0 bridgehead atoms. The maximum absolute atomic E-state index is 9.83. The maximum Gasteiger partial charge on any atom is 0.192 e. The van der Waals surface area contributed by atoms with Gasteiger partial charge >= 0.3 is 0 Å². The van der Waals surface area contributed by atoms with Crippen LogP contribution in [0.1, 0.15) is 30.5 Å². The van der Waals surface area contributed by atoms with Crippen molar-refractivity contribution in [2.75, 3.05) is 31.6 Å². The number of hydrogen-bond donors (Lipinski definition) is 1. The molecule has 1 aromatic heterocycles. The summed E-state index contributed by atoms with van der Waals surface area (Å²) in [6.45, 7) is 8.28. The van der Waals surface area contributed by atoms with E-state index in [9.17, 15) is 5.26 Å². The summed E-state index contributed by atoms with van der Waals surface area (Å²) in [5.41, 5.74) is 5.89. The van der Waals surface area contributed by atoms with Gasteiger partial charge in [-0.2, -0.15) is 5.26 Å². The van der Waals surface area contributed by atoms with E-state index >= 15 is 0 Å². The van der Waals surface area contributed by atoms with Crippen molar-refractivity contribution in [1.82, 2.24) is 5.32 Å². The fourth-order valence-electron chi connectivity index (χ4n) is 3.69. The van der Waals surface area contributed by atoms with Gasteiger partial charge in [0.05, 0.1) is 12.2 Å². The van der Waals surface area contributed by atoms with Gasteiger partial charge in [-0.25, -0.2) is 0 Å². The molecule has 3 aromatic rings. The third-order valence-corrected chi connectivity index (χ3v) is 6.40. The predicted molar refractivity (Wildman–Crippen MR) is 131 cm³/mol. The summed E-state index contributed by atoms with van der Waals surface area (Å²) in [4.78, 5) is 2.18. The largest absolute Gasteiger partial charge is 0.490 e. The first kappa shape index (κ1) is 22.2. The minimum absolute atomic E-state index is 0.440. The van der Waals surface area contributed by atoms with Crippen LogP contribution in [0.5, 0.6) is 10.8 Å². The van der Waals surface area contributed by atoms with E-state index in [0.717, 1.165) is 47.8 Å². The van der Waals surface area contributed by atoms with E-state index < -0.39 is 0 Å². The molecule has 1 aliphatic heterocycles. The lowest BCUT2D eigenvalue weighted by molar-refractivity contribution is 0.311. The molecule has 0 saturated heterocycles. The molecular weight excluding hydrogens is 418 g/mol. The molecule has 166 valence electrons. The normalized spacial score (nSPS) is 12.9. The molecule has 0 aliphatic carbocycles. The second-order valence-corrected chi connectivity index (χ2v) is 9.35. The average molecular weight is 448 g/mol. The number of nitrogens with one attached hydrogen (secondary N) is 1. The van der Waals surface area contributed by atoms with Gasteiger partial charge in [0.25, 0.3) is 0 Å². The van der Waals surface area contributed by atoms with Crippen LogP contribution in [0, 0.1) is 17.2 Å². The minimum Gasteiger partial charge on any atom is -0.490 e. The van der Waals surface area contributed by atoms with Crippen LogP contribution >= 0.6 is 11.3 Å². The highest BCUT2D eigenvalue weighted by Crippen LogP contribution is 2.41. The minimum atomic E-state index is 0.440. The number of nitrogens with zero attached hydrogens (tertiary/aromatic N) is 2. The second kappa shape index (κ2) is 10.1. The Morgan fingerprint density at radius 2 is 1.97 bits per heavy atom. The van der Waals surface area contributed by atoms with Gasteiger partial charge in [0.15, 0.2) is 5.06 Å². The van der Waals surface area contributed by atoms with Crippen molar-refractivity contribution in [2.45, 2.75) is 27.0 Å². The van der Waals surface area contributed by atoms with E-state index in [2.05, 4.69) is 67.5 Å². The topological polar surface area (TPSA) is 57.5 Å². The number of thiophene rings is 1. The zero-order valence-electron chi connectivity index (χ0n) is 18.9. The molecule has 1 aliphatic rings. The van der Waals surface area contributed by atoms with E-state index in [-0.39, 0.29) is 0 Å². The van der Waals surface area contributed by atoms with Crippen molar-refractivity contribution in [2.24, 2.45) is 5.92 Å². The predicted octanol–water partition coefficient (Wildman–Crippen LogP) is 5.44. The van der Waals surface area contributed by atoms with Crippen molar-refractivity contribution in [1.29, 1.82) is 5.26 Å². The molecular formula is C26H29N3O2S. The third-order valence-electron chi connectivity index (χ3n) is 5.51. The summed E-state index contributed by atoms with van der Waals surface area (Å²) in [7, 11) is 2.06. The molecule has 2 aromatic carbocycles. The molecule has 32 heavy (non-hydrogen) atoms. The van der Waals surface area contributed by atoms with Crippen LogP contribution in [-0.2, 0) is 13.2 Å². The quantitative estimate of drug-likeness (QED) is 0.498. The summed E-state index contributed by atoms with van der Waals surface area (Å²) < 4.78 is 11.8. The molecule has 0 spiro atoms. The molecule has 2 heterocycles. The van der Waals surface area contributed by atoms with Gasteiger partial charge in [0.1, 0.15) is 30.6 Å². The number of rotatable bonds is 8. The Morgan fingerprint density at radius 3 is 2.72 bits per heavy atom. The number of ether oxygens (including phenoxy) is 2. The van der Waals surface area contributed by atoms with Crippen LogP contribution in [0.15, 0.2) is 47.8 Å². The lowest BCUT2D eigenvalue weighted by Gasteiger charge is -2.28. The molecule has 6 heteroatoms. The Labute approximate surface area is 194 Å². The van der Waals surface area contributed by atoms with Crippen LogP contribution in [0.2, 0.25) is 0 Å². The van der Waals surface area contributed by atoms with Gasteiger partial charge in [-0.05, 0) is 41.3 Å². The molecule has 0 atom stereocenters. The van der Waals surface area contributed by atoms with Crippen LogP contribution in [-0.4, -0.2) is 26.7 Å². The Bertz CT molecular complexity index is 1100. The zero-order valence-corrected chi connectivity index (χ0v) is 19.7. The molecule has 5 nitrogen and oxygen atoms in total. The van der Waals surface area contributed by atoms with Gasteiger partial charge in [0.2, 0.25) is 0 Å². The SMILES string of the molecule is CC(C)CNCc1ccc(COc2scc(-c3ccc4c(c3)N(C)CCO4)c2C#N)cc1. The van der Waals surface area contributed by atoms with E-state index in [1.54, 1.807) is 0 Å². The molecule has 0 fully saturated rings. The van der Waals surface area contributed by atoms with E-state index in [4.69, 9.17) is 9.47 Å². The number of likely N-dealkylation sites (N-methyl/N-ethyl adjacent to an activating group) is 1. The van der Waals surface area contributed by atoms with Crippen molar-refractivity contribution < 1.29 is 9.47 Å². The molecule has 0 amide bonds. The van der Waals surface area contributed by atoms with Crippen molar-refractivity contribution >= 4 is 17.0 Å². The summed E-state index contributed by atoms with van der Waals surface area (Å²) in [6.07, 6.45) is 0. The van der Waals surface area contributed by atoms with Gasteiger partial charge in [-0.1, -0.05) is 44.2 Å². The lowest BCUT2D eigenvalue weighted by Crippen LogP contribution is -2.28. The molecule has 0 unspecified atom stereocenters. The fourth-order valence-corrected chi connectivity index (χ4v) is 4.57. The summed E-state index contributed by atoms with van der Waals surface area (Å²) in [6, 6.07) is 16.9. The maximum atomic E-state index is 9.83. The van der Waals surface area contributed by atoms with Gasteiger partial charge in [-0.3, -0.25) is 0 Å². The van der Waals surface area contributed by atoms with Crippen LogP contribution < -0.4 is 19.7 Å². The lowest BCUT2D eigenvalue weighted by atomic mass is 10.0. The standard InChI is InChI=1S/C26H29N3O2S/c1-18(2)14-28-15-19-4-6-20(7-5-19)16-31-26-22(13-27)23(17-32-26)21-8-9-25-24(12-21)29(3)10-11-30-25/h4-9,12,17-18,28H,10-11,14-16H2,1-3H3. The Morgan fingerprint density at radius 1 is 1.19 bits per heavy atom. The van der Waals surface area contributed by atoms with E-state index in [0.29, 0.717) is 29.8 Å². The van der Waals surface area contributed by atoms with Crippen molar-refractivity contribution in [3.05, 3.63) is 64.5 Å². The summed E-state index contributed by atoms with van der Waals surface area (Å²) >= 11 is 1.47. The molecule has 4 rings (SSSR count). The van der Waals surface area contributed by atoms with Crippen molar-refractivity contribution in [3.8, 4) is 28.0 Å². The number of benzene rings is 2. The number of anilines is 1. The highest BCUT2D eigenvalue weighted by molar-refractivity contribution is 7.12. The number of hydrogen-bond acceptors (Lipinski definition) is 6. The molecule has 1 N–H and O–H groups in total. The Balaban J connectivity index is 1.44. The first-order valence-corrected chi connectivity index (χ1v) is 11.8. The van der Waals surface area contributed by atoms with Crippen molar-refractivity contribution in [3.63, 3.8) is 0 Å². The fraction of sp³-hybridized carbons (Fsp3) is 0.346. The van der Waals surface area contributed by atoms with Gasteiger partial charge in [-0.15, -0.1) is 11.3 Å². The zero-order chi connectivity index (χ0) is 22.5. The van der Waals surface area contributed by atoms with Gasteiger partial charge in [0, 0.05) is 24.5 Å². The first-order valence-electron chi connectivity index (χ1n) is 11.0. The summed E-state index contributed by atoms with van der Waals surface area (Å²) in [5.74, 6) is 1.53. The Kier molecular flexibility index (Phi) is 6.99. The van der Waals surface area contributed by atoms with Crippen LogP contribution in [0.3, 0.4) is 0 Å². The number of nitriles is 1. The highest BCUT2D eigenvalue weighted by Gasteiger charge is 2.19. The number of fused-ring (bicyclic) bond motifs is 1. The molecule has 0 radical (unpaired) electrons. The first-order chi connectivity index (χ1) is 15.5. The smallest absolute Gasteiger partial charge is 0.192 e. The monoisotopic (exact) mass is 447 g/mol. The van der Waals surface area contributed by atoms with Gasteiger partial charge < -0.3 is 19.7 Å². The van der Waals surface area contributed by atoms with E-state index in [1.165, 1.54) is 16.9 Å². The van der Waals surface area contributed by atoms with Crippen LogP contribution in [0.4, 0.5) is 5.69 Å².